The summed E-state index contributed by atoms with van der Waals surface area (Å²) in [4.78, 5) is 16.6. The van der Waals surface area contributed by atoms with Crippen LogP contribution in [0.5, 0.6) is 0 Å². The number of imidazole rings is 1. The summed E-state index contributed by atoms with van der Waals surface area (Å²) in [5.74, 6) is 1.72. The highest BCUT2D eigenvalue weighted by atomic mass is 16.1. The number of aromatic nitrogens is 2. The van der Waals surface area contributed by atoms with Gasteiger partial charge in [-0.05, 0) is 30.9 Å². The highest BCUT2D eigenvalue weighted by Gasteiger charge is 2.26. The van der Waals surface area contributed by atoms with Gasteiger partial charge in [0.1, 0.15) is 5.82 Å². The molecule has 20 heavy (non-hydrogen) atoms. The molecule has 2 aromatic rings. The van der Waals surface area contributed by atoms with Crippen molar-refractivity contribution >= 4 is 11.4 Å². The Kier molecular flexibility index (Phi) is 3.72. The predicted molar refractivity (Wildman–Crippen MR) is 78.2 cm³/mol. The summed E-state index contributed by atoms with van der Waals surface area (Å²) in [5.41, 5.74) is 1.06. The van der Waals surface area contributed by atoms with Crippen LogP contribution in [0.2, 0.25) is 0 Å². The third-order valence-electron chi connectivity index (χ3n) is 4.46. The molecule has 0 aromatic carbocycles. The van der Waals surface area contributed by atoms with E-state index >= 15 is 0 Å². The van der Waals surface area contributed by atoms with Gasteiger partial charge in [0, 0.05) is 12.1 Å². The molecular weight excluding hydrogens is 250 g/mol. The smallest absolute Gasteiger partial charge is 0.223 e. The first-order chi connectivity index (χ1) is 9.75. The van der Waals surface area contributed by atoms with Gasteiger partial charge in [0.15, 0.2) is 0 Å². The maximum atomic E-state index is 12.2. The number of nitrogens with one attached hydrogen (secondary N) is 1. The molecule has 0 spiro atoms. The molecule has 1 amide bonds. The lowest BCUT2D eigenvalue weighted by molar-refractivity contribution is -0.126. The molecular formula is C16H21N3O. The molecule has 1 aliphatic carbocycles. The van der Waals surface area contributed by atoms with Gasteiger partial charge in [-0.2, -0.15) is 0 Å². The monoisotopic (exact) mass is 271 g/mol. The lowest BCUT2D eigenvalue weighted by Crippen LogP contribution is -2.32. The quantitative estimate of drug-likeness (QED) is 0.929. The minimum atomic E-state index is 0.115. The van der Waals surface area contributed by atoms with E-state index in [-0.39, 0.29) is 11.8 Å². The van der Waals surface area contributed by atoms with Crippen LogP contribution >= 0.6 is 0 Å². The van der Waals surface area contributed by atoms with Gasteiger partial charge in [-0.15, -0.1) is 0 Å². The van der Waals surface area contributed by atoms with Crippen LogP contribution in [0.1, 0.15) is 38.4 Å². The minimum absolute atomic E-state index is 0.115. The Morgan fingerprint density at radius 1 is 1.45 bits per heavy atom. The third kappa shape index (κ3) is 2.55. The first kappa shape index (κ1) is 13.2. The number of nitrogens with zero attached hydrogens (tertiary/aromatic N) is 2. The van der Waals surface area contributed by atoms with E-state index < -0.39 is 0 Å². The molecule has 106 valence electrons. The van der Waals surface area contributed by atoms with Gasteiger partial charge in [-0.3, -0.25) is 4.79 Å². The van der Waals surface area contributed by atoms with Crippen molar-refractivity contribution in [1.29, 1.82) is 0 Å². The van der Waals surface area contributed by atoms with E-state index in [9.17, 15) is 4.79 Å². The van der Waals surface area contributed by atoms with Crippen molar-refractivity contribution in [2.75, 3.05) is 0 Å². The molecule has 4 nitrogen and oxygen atoms in total. The number of fused-ring (bicyclic) bond motifs is 1. The SMILES string of the molecule is CC(C(=O)NCc1ncc2ccccn12)C1CCCC1. The molecule has 1 N–H and O–H groups in total. The summed E-state index contributed by atoms with van der Waals surface area (Å²) in [7, 11) is 0. The van der Waals surface area contributed by atoms with E-state index in [1.54, 1.807) is 0 Å². The Balaban J connectivity index is 1.62. The zero-order valence-corrected chi connectivity index (χ0v) is 11.9. The van der Waals surface area contributed by atoms with Crippen molar-refractivity contribution < 1.29 is 4.79 Å². The number of hydrogen-bond acceptors (Lipinski definition) is 2. The molecule has 1 saturated carbocycles. The molecule has 1 aliphatic rings. The molecule has 2 heterocycles. The Morgan fingerprint density at radius 2 is 2.25 bits per heavy atom. The van der Waals surface area contributed by atoms with E-state index in [2.05, 4.69) is 17.2 Å². The second-order valence-corrected chi connectivity index (χ2v) is 5.72. The topological polar surface area (TPSA) is 46.4 Å². The summed E-state index contributed by atoms with van der Waals surface area (Å²) in [6.45, 7) is 2.54. The minimum Gasteiger partial charge on any atom is -0.349 e. The molecule has 2 aromatic heterocycles. The zero-order chi connectivity index (χ0) is 13.9. The number of carbonyl (C=O) groups is 1. The molecule has 0 bridgehead atoms. The van der Waals surface area contributed by atoms with Crippen LogP contribution in [-0.2, 0) is 11.3 Å². The van der Waals surface area contributed by atoms with E-state index in [0.717, 1.165) is 11.3 Å². The average Bonchev–Trinajstić information content (AvgIpc) is 3.13. The van der Waals surface area contributed by atoms with Gasteiger partial charge in [0.2, 0.25) is 5.91 Å². The lowest BCUT2D eigenvalue weighted by atomic mass is 9.92. The van der Waals surface area contributed by atoms with Crippen molar-refractivity contribution in [2.24, 2.45) is 11.8 Å². The Morgan fingerprint density at radius 3 is 3.05 bits per heavy atom. The fraction of sp³-hybridized carbons (Fsp3) is 0.500. The van der Waals surface area contributed by atoms with Crippen LogP contribution in [0.3, 0.4) is 0 Å². The number of carbonyl (C=O) groups excluding carboxylic acids is 1. The molecule has 1 unspecified atom stereocenters. The fourth-order valence-electron chi connectivity index (χ4n) is 3.13. The summed E-state index contributed by atoms with van der Waals surface area (Å²) in [6.07, 6.45) is 8.74. The third-order valence-corrected chi connectivity index (χ3v) is 4.46. The van der Waals surface area contributed by atoms with E-state index in [4.69, 9.17) is 0 Å². The Bertz CT molecular complexity index is 599. The summed E-state index contributed by atoms with van der Waals surface area (Å²) < 4.78 is 2.01. The van der Waals surface area contributed by atoms with E-state index in [1.165, 1.54) is 25.7 Å². The van der Waals surface area contributed by atoms with E-state index in [0.29, 0.717) is 12.5 Å². The van der Waals surface area contributed by atoms with Gasteiger partial charge in [0.25, 0.3) is 0 Å². The van der Waals surface area contributed by atoms with Crippen LogP contribution in [0.4, 0.5) is 0 Å². The van der Waals surface area contributed by atoms with Crippen LogP contribution in [0, 0.1) is 11.8 Å². The molecule has 0 aliphatic heterocycles. The fourth-order valence-corrected chi connectivity index (χ4v) is 3.13. The average molecular weight is 271 g/mol. The molecule has 3 rings (SSSR count). The van der Waals surface area contributed by atoms with Crippen LogP contribution in [0.15, 0.2) is 30.6 Å². The summed E-state index contributed by atoms with van der Waals surface area (Å²) in [6, 6.07) is 5.97. The first-order valence-corrected chi connectivity index (χ1v) is 7.44. The molecule has 1 fully saturated rings. The number of pyridine rings is 1. The van der Waals surface area contributed by atoms with Crippen molar-refractivity contribution in [1.82, 2.24) is 14.7 Å². The maximum absolute atomic E-state index is 12.2. The molecule has 0 saturated heterocycles. The van der Waals surface area contributed by atoms with Crippen LogP contribution < -0.4 is 5.32 Å². The standard InChI is InChI=1S/C16H21N3O/c1-12(13-6-2-3-7-13)16(20)18-11-15-17-10-14-8-4-5-9-19(14)15/h4-5,8-10,12-13H,2-3,6-7,11H2,1H3,(H,18,20). The largest absolute Gasteiger partial charge is 0.349 e. The van der Waals surface area contributed by atoms with Crippen molar-refractivity contribution in [3.8, 4) is 0 Å². The number of rotatable bonds is 4. The van der Waals surface area contributed by atoms with Crippen LogP contribution in [-0.4, -0.2) is 15.3 Å². The van der Waals surface area contributed by atoms with Gasteiger partial charge in [-0.1, -0.05) is 25.8 Å². The molecule has 4 heteroatoms. The van der Waals surface area contributed by atoms with Gasteiger partial charge in [-0.25, -0.2) is 4.98 Å². The lowest BCUT2D eigenvalue weighted by Gasteiger charge is -2.17. The highest BCUT2D eigenvalue weighted by Crippen LogP contribution is 2.31. The van der Waals surface area contributed by atoms with Crippen molar-refractivity contribution in [2.45, 2.75) is 39.2 Å². The van der Waals surface area contributed by atoms with Crippen molar-refractivity contribution in [3.63, 3.8) is 0 Å². The highest BCUT2D eigenvalue weighted by molar-refractivity contribution is 5.78. The summed E-state index contributed by atoms with van der Waals surface area (Å²) in [5, 5.41) is 3.03. The van der Waals surface area contributed by atoms with Gasteiger partial charge in [0.05, 0.1) is 18.3 Å². The Labute approximate surface area is 119 Å². The first-order valence-electron chi connectivity index (χ1n) is 7.44. The second kappa shape index (κ2) is 5.65. The van der Waals surface area contributed by atoms with Crippen LogP contribution in [0.25, 0.3) is 5.52 Å². The predicted octanol–water partition coefficient (Wildman–Crippen LogP) is 2.78. The van der Waals surface area contributed by atoms with Crippen molar-refractivity contribution in [3.05, 3.63) is 36.4 Å². The van der Waals surface area contributed by atoms with E-state index in [1.807, 2.05) is 35.0 Å². The van der Waals surface area contributed by atoms with Gasteiger partial charge >= 0.3 is 0 Å². The molecule has 0 radical (unpaired) electrons. The second-order valence-electron chi connectivity index (χ2n) is 5.72. The summed E-state index contributed by atoms with van der Waals surface area (Å²) >= 11 is 0. The number of amides is 1. The Hall–Kier alpha value is -1.84. The zero-order valence-electron chi connectivity index (χ0n) is 11.9. The normalized spacial score (nSPS) is 17.4. The number of hydrogen-bond donors (Lipinski definition) is 1. The van der Waals surface area contributed by atoms with Gasteiger partial charge < -0.3 is 9.72 Å². The molecule has 1 atom stereocenters. The maximum Gasteiger partial charge on any atom is 0.223 e.